The van der Waals surface area contributed by atoms with E-state index in [1.54, 1.807) is 36.4 Å². The second kappa shape index (κ2) is 6.91. The minimum atomic E-state index is -0.807. The molecule has 2 N–H and O–H groups in total. The highest BCUT2D eigenvalue weighted by Gasteiger charge is 2.48. The van der Waals surface area contributed by atoms with Crippen LogP contribution in [0.1, 0.15) is 12.8 Å². The Morgan fingerprint density at radius 3 is 3.09 bits per heavy atom. The fraction of sp³-hybridized carbons (Fsp3) is 0.471. The van der Waals surface area contributed by atoms with Crippen molar-refractivity contribution in [2.24, 2.45) is 11.8 Å². The van der Waals surface area contributed by atoms with E-state index in [9.17, 15) is 15.0 Å². The van der Waals surface area contributed by atoms with Crippen LogP contribution in [0.15, 0.2) is 36.4 Å². The molecule has 5 nitrogen and oxygen atoms in total. The average molecular weight is 339 g/mol. The van der Waals surface area contributed by atoms with E-state index >= 15 is 0 Å². The minimum Gasteiger partial charge on any atom is -0.491 e. The van der Waals surface area contributed by atoms with Crippen LogP contribution in [0.3, 0.4) is 0 Å². The molecule has 2 aliphatic rings. The van der Waals surface area contributed by atoms with Crippen molar-refractivity contribution >= 4 is 17.6 Å². The molecule has 3 rings (SSSR count). The van der Waals surface area contributed by atoms with Crippen molar-refractivity contribution in [3.63, 3.8) is 0 Å². The maximum Gasteiger partial charge on any atom is 0.306 e. The summed E-state index contributed by atoms with van der Waals surface area (Å²) in [5.41, 5.74) is 0. The van der Waals surface area contributed by atoms with E-state index in [0.717, 1.165) is 0 Å². The Kier molecular flexibility index (Phi) is 4.90. The number of aliphatic hydroxyl groups excluding tert-OH is 2. The number of hydrogen-bond donors (Lipinski definition) is 2. The van der Waals surface area contributed by atoms with Crippen LogP contribution in [-0.2, 0) is 9.53 Å². The first kappa shape index (κ1) is 16.3. The highest BCUT2D eigenvalue weighted by atomic mass is 35.5. The quantitative estimate of drug-likeness (QED) is 0.634. The molecule has 1 aliphatic heterocycles. The van der Waals surface area contributed by atoms with Crippen LogP contribution < -0.4 is 4.74 Å². The van der Waals surface area contributed by atoms with Crippen LogP contribution in [0.2, 0.25) is 5.02 Å². The van der Waals surface area contributed by atoms with E-state index in [4.69, 9.17) is 21.1 Å². The molecular weight excluding hydrogens is 320 g/mol. The fourth-order valence-electron chi connectivity index (χ4n) is 3.24. The maximum absolute atomic E-state index is 11.3. The van der Waals surface area contributed by atoms with Gasteiger partial charge < -0.3 is 19.7 Å². The van der Waals surface area contributed by atoms with Crippen molar-refractivity contribution in [3.8, 4) is 5.75 Å². The summed E-state index contributed by atoms with van der Waals surface area (Å²) in [5, 5.41) is 20.6. The van der Waals surface area contributed by atoms with Gasteiger partial charge in [-0.2, -0.15) is 0 Å². The van der Waals surface area contributed by atoms with Gasteiger partial charge in [0.1, 0.15) is 24.6 Å². The van der Waals surface area contributed by atoms with Crippen molar-refractivity contribution < 1.29 is 24.5 Å². The topological polar surface area (TPSA) is 76.0 Å². The monoisotopic (exact) mass is 338 g/mol. The summed E-state index contributed by atoms with van der Waals surface area (Å²) in [6.07, 6.45) is 2.60. The first-order chi connectivity index (χ1) is 11.0. The normalized spacial score (nSPS) is 31.2. The molecule has 1 heterocycles. The number of fused-ring (bicyclic) bond motifs is 1. The smallest absolute Gasteiger partial charge is 0.306 e. The first-order valence-corrected chi connectivity index (χ1v) is 8.03. The predicted molar refractivity (Wildman–Crippen MR) is 84.2 cm³/mol. The Hall–Kier alpha value is -1.56. The molecular formula is C17H19ClO5. The molecule has 124 valence electrons. The molecule has 1 saturated heterocycles. The largest absolute Gasteiger partial charge is 0.491 e. The number of rotatable bonds is 5. The summed E-state index contributed by atoms with van der Waals surface area (Å²) < 4.78 is 10.6. The highest BCUT2D eigenvalue weighted by molar-refractivity contribution is 6.30. The van der Waals surface area contributed by atoms with Crippen LogP contribution >= 0.6 is 11.6 Å². The Morgan fingerprint density at radius 2 is 2.30 bits per heavy atom. The molecule has 0 unspecified atom stereocenters. The molecule has 1 saturated carbocycles. The third kappa shape index (κ3) is 3.86. The molecule has 2 fully saturated rings. The number of esters is 1. The van der Waals surface area contributed by atoms with Crippen LogP contribution in [0.5, 0.6) is 5.75 Å². The van der Waals surface area contributed by atoms with Crippen molar-refractivity contribution in [2.45, 2.75) is 31.2 Å². The number of ether oxygens (including phenoxy) is 2. The van der Waals surface area contributed by atoms with Crippen LogP contribution in [0, 0.1) is 11.8 Å². The molecule has 5 atom stereocenters. The van der Waals surface area contributed by atoms with Gasteiger partial charge in [-0.05, 0) is 18.2 Å². The van der Waals surface area contributed by atoms with Crippen molar-refractivity contribution in [3.05, 3.63) is 41.4 Å². The van der Waals surface area contributed by atoms with E-state index in [1.165, 1.54) is 0 Å². The van der Waals surface area contributed by atoms with Crippen LogP contribution in [0.4, 0.5) is 0 Å². The lowest BCUT2D eigenvalue weighted by Gasteiger charge is -2.15. The molecule has 23 heavy (non-hydrogen) atoms. The molecule has 1 aromatic carbocycles. The molecule has 0 bridgehead atoms. The molecule has 6 heteroatoms. The number of benzene rings is 1. The number of aliphatic hydroxyl groups is 2. The number of carbonyl (C=O) groups is 1. The molecule has 1 aromatic rings. The van der Waals surface area contributed by atoms with Gasteiger partial charge in [-0.25, -0.2) is 0 Å². The van der Waals surface area contributed by atoms with E-state index in [2.05, 4.69) is 0 Å². The van der Waals surface area contributed by atoms with E-state index in [-0.39, 0.29) is 30.5 Å². The summed E-state index contributed by atoms with van der Waals surface area (Å²) in [5.74, 6) is 0.193. The van der Waals surface area contributed by atoms with Gasteiger partial charge in [-0.15, -0.1) is 0 Å². The Morgan fingerprint density at radius 1 is 1.48 bits per heavy atom. The van der Waals surface area contributed by atoms with Crippen molar-refractivity contribution in [1.82, 2.24) is 0 Å². The van der Waals surface area contributed by atoms with Crippen LogP contribution in [-0.4, -0.2) is 41.1 Å². The molecule has 1 aliphatic carbocycles. The van der Waals surface area contributed by atoms with E-state index in [1.807, 2.05) is 0 Å². The number of halogens is 1. The van der Waals surface area contributed by atoms with Gasteiger partial charge in [0.2, 0.25) is 0 Å². The molecule has 0 amide bonds. The van der Waals surface area contributed by atoms with Gasteiger partial charge in [0.05, 0.1) is 12.5 Å². The predicted octanol–water partition coefficient (Wildman–Crippen LogP) is 1.95. The zero-order chi connectivity index (χ0) is 16.4. The van der Waals surface area contributed by atoms with Gasteiger partial charge >= 0.3 is 5.97 Å². The van der Waals surface area contributed by atoms with E-state index in [0.29, 0.717) is 23.6 Å². The van der Waals surface area contributed by atoms with E-state index < -0.39 is 12.2 Å². The zero-order valence-corrected chi connectivity index (χ0v) is 13.2. The Labute approximate surface area is 139 Å². The number of carbonyl (C=O) groups excluding carboxylic acids is 1. The second-order valence-corrected chi connectivity index (χ2v) is 6.43. The maximum atomic E-state index is 11.3. The van der Waals surface area contributed by atoms with Gasteiger partial charge in [0, 0.05) is 23.3 Å². The average Bonchev–Trinajstić information content (AvgIpc) is 2.98. The van der Waals surface area contributed by atoms with Gasteiger partial charge in [0.25, 0.3) is 0 Å². The summed E-state index contributed by atoms with van der Waals surface area (Å²) in [6.45, 7) is 0.0865. The standard InChI is InChI=1S/C17H19ClO5/c18-10-2-1-3-12(6-10)22-9-11(19)4-5-13-14-7-17(21)23-16(14)8-15(13)20/h1-6,11,13-16,19-20H,7-9H2/b5-4+/t11-,13-,14-,15+,16+/m0/s1. The lowest BCUT2D eigenvalue weighted by atomic mass is 9.91. The zero-order valence-electron chi connectivity index (χ0n) is 12.5. The Bertz CT molecular complexity index is 602. The SMILES string of the molecule is O=C1C[C@H]2[C@H](/C=C/[C@H](O)COc3cccc(Cl)c3)[C@H](O)C[C@H]2O1. The molecule has 0 aromatic heterocycles. The highest BCUT2D eigenvalue weighted by Crippen LogP contribution is 2.42. The van der Waals surface area contributed by atoms with Gasteiger partial charge in [-0.1, -0.05) is 29.8 Å². The van der Waals surface area contributed by atoms with Gasteiger partial charge in [-0.3, -0.25) is 4.79 Å². The van der Waals surface area contributed by atoms with Crippen LogP contribution in [0.25, 0.3) is 0 Å². The van der Waals surface area contributed by atoms with Crippen molar-refractivity contribution in [1.29, 1.82) is 0 Å². The molecule has 0 spiro atoms. The summed E-state index contributed by atoms with van der Waals surface area (Å²) in [6, 6.07) is 6.94. The van der Waals surface area contributed by atoms with Crippen molar-refractivity contribution in [2.75, 3.05) is 6.61 Å². The third-order valence-corrected chi connectivity index (χ3v) is 4.58. The second-order valence-electron chi connectivity index (χ2n) is 6.00. The summed E-state index contributed by atoms with van der Waals surface area (Å²) in [7, 11) is 0. The summed E-state index contributed by atoms with van der Waals surface area (Å²) in [4.78, 5) is 11.3. The van der Waals surface area contributed by atoms with Gasteiger partial charge in [0.15, 0.2) is 0 Å². The minimum absolute atomic E-state index is 0.00482. The fourth-order valence-corrected chi connectivity index (χ4v) is 3.42. The number of hydrogen-bond acceptors (Lipinski definition) is 5. The Balaban J connectivity index is 1.53. The molecule has 0 radical (unpaired) electrons. The first-order valence-electron chi connectivity index (χ1n) is 7.65. The lowest BCUT2D eigenvalue weighted by molar-refractivity contribution is -0.141. The lowest BCUT2D eigenvalue weighted by Crippen LogP contribution is -2.20. The summed E-state index contributed by atoms with van der Waals surface area (Å²) >= 11 is 5.86. The third-order valence-electron chi connectivity index (χ3n) is 4.35.